The van der Waals surface area contributed by atoms with Crippen molar-refractivity contribution in [3.63, 3.8) is 0 Å². The van der Waals surface area contributed by atoms with E-state index in [-0.39, 0.29) is 22.6 Å². The van der Waals surface area contributed by atoms with Crippen molar-refractivity contribution in [3.05, 3.63) is 89.5 Å². The van der Waals surface area contributed by atoms with Crippen LogP contribution in [0.15, 0.2) is 77.7 Å². The van der Waals surface area contributed by atoms with Crippen molar-refractivity contribution in [2.45, 2.75) is 17.5 Å². The molecule has 0 fully saturated rings. The van der Waals surface area contributed by atoms with Crippen LogP contribution in [0.5, 0.6) is 0 Å². The predicted molar refractivity (Wildman–Crippen MR) is 116 cm³/mol. The zero-order chi connectivity index (χ0) is 24.2. The lowest BCUT2D eigenvalue weighted by Gasteiger charge is -2.12. The van der Waals surface area contributed by atoms with Gasteiger partial charge in [-0.05, 0) is 54.1 Å². The van der Waals surface area contributed by atoms with Gasteiger partial charge < -0.3 is 11.1 Å². The van der Waals surface area contributed by atoms with Crippen molar-refractivity contribution >= 4 is 33.2 Å². The fourth-order valence-corrected chi connectivity index (χ4v) is 3.99. The van der Waals surface area contributed by atoms with Gasteiger partial charge in [-0.3, -0.25) is 14.3 Å². The second-order valence-corrected chi connectivity index (χ2v) is 8.65. The Bertz CT molecular complexity index is 1290. The molecule has 0 aromatic heterocycles. The van der Waals surface area contributed by atoms with Crippen molar-refractivity contribution < 1.29 is 31.2 Å². The van der Waals surface area contributed by atoms with Gasteiger partial charge in [-0.2, -0.15) is 13.2 Å². The van der Waals surface area contributed by atoms with Gasteiger partial charge in [0.05, 0.1) is 16.9 Å². The van der Waals surface area contributed by atoms with E-state index in [0.29, 0.717) is 17.3 Å². The van der Waals surface area contributed by atoms with E-state index in [4.69, 9.17) is 5.73 Å². The first-order valence-corrected chi connectivity index (χ1v) is 10.9. The van der Waals surface area contributed by atoms with Gasteiger partial charge in [0.1, 0.15) is 0 Å². The third kappa shape index (κ3) is 6.10. The molecule has 172 valence electrons. The lowest BCUT2D eigenvalue weighted by molar-refractivity contribution is -0.137. The minimum atomic E-state index is -4.62. The summed E-state index contributed by atoms with van der Waals surface area (Å²) >= 11 is 0. The van der Waals surface area contributed by atoms with Crippen LogP contribution in [0, 0.1) is 0 Å². The maximum absolute atomic E-state index is 12.8. The average Bonchev–Trinajstić information content (AvgIpc) is 2.74. The molecule has 0 unspecified atom stereocenters. The third-order valence-electron chi connectivity index (χ3n) is 4.50. The first kappa shape index (κ1) is 23.8. The van der Waals surface area contributed by atoms with Gasteiger partial charge in [0.25, 0.3) is 15.9 Å². The number of hydrogen-bond acceptors (Lipinski definition) is 4. The predicted octanol–water partition coefficient (Wildman–Crippen LogP) is 3.79. The summed E-state index contributed by atoms with van der Waals surface area (Å²) in [7, 11) is -4.20. The highest BCUT2D eigenvalue weighted by atomic mass is 32.2. The molecular formula is C22H18F3N3O4S. The standard InChI is InChI=1S/C22H18F3N3O4S/c23-22(24,25)16-5-3-6-17(13-16)28-33(31,32)18-10-8-14(9-11-18)21(30)27-19-7-2-1-4-15(19)12-20(26)29/h1-11,13,28H,12H2,(H2,26,29)(H,27,30). The SMILES string of the molecule is NC(=O)Cc1ccccc1NC(=O)c1ccc(S(=O)(=O)Nc2cccc(C(F)(F)F)c2)cc1. The van der Waals surface area contributed by atoms with Crippen LogP contribution in [0.25, 0.3) is 0 Å². The van der Waals surface area contributed by atoms with Gasteiger partial charge in [-0.25, -0.2) is 8.42 Å². The third-order valence-corrected chi connectivity index (χ3v) is 5.90. The molecule has 0 radical (unpaired) electrons. The van der Waals surface area contributed by atoms with E-state index in [1.54, 1.807) is 24.3 Å². The number of carbonyl (C=O) groups is 2. The van der Waals surface area contributed by atoms with Crippen LogP contribution < -0.4 is 15.8 Å². The van der Waals surface area contributed by atoms with E-state index < -0.39 is 33.6 Å². The Hall–Kier alpha value is -3.86. The fraction of sp³-hybridized carbons (Fsp3) is 0.0909. The quantitative estimate of drug-likeness (QED) is 0.480. The first-order valence-electron chi connectivity index (χ1n) is 9.43. The molecule has 0 aliphatic carbocycles. The van der Waals surface area contributed by atoms with E-state index in [1.807, 2.05) is 0 Å². The van der Waals surface area contributed by atoms with E-state index in [9.17, 15) is 31.2 Å². The second kappa shape index (κ2) is 9.33. The van der Waals surface area contributed by atoms with Crippen LogP contribution in [-0.4, -0.2) is 20.2 Å². The smallest absolute Gasteiger partial charge is 0.369 e. The number of nitrogens with one attached hydrogen (secondary N) is 2. The molecule has 11 heteroatoms. The molecular weight excluding hydrogens is 459 g/mol. The number of primary amides is 1. The zero-order valence-electron chi connectivity index (χ0n) is 16.9. The van der Waals surface area contributed by atoms with Crippen molar-refractivity contribution in [2.24, 2.45) is 5.73 Å². The summed E-state index contributed by atoms with van der Waals surface area (Å²) in [5.74, 6) is -1.12. The highest BCUT2D eigenvalue weighted by Crippen LogP contribution is 2.31. The summed E-state index contributed by atoms with van der Waals surface area (Å²) < 4.78 is 65.7. The van der Waals surface area contributed by atoms with E-state index in [1.165, 1.54) is 18.2 Å². The first-order chi connectivity index (χ1) is 15.5. The summed E-state index contributed by atoms with van der Waals surface area (Å²) in [6.45, 7) is 0. The average molecular weight is 477 g/mol. The van der Waals surface area contributed by atoms with Gasteiger partial charge in [-0.1, -0.05) is 24.3 Å². The van der Waals surface area contributed by atoms with Crippen LogP contribution in [0.3, 0.4) is 0 Å². The Kier molecular flexibility index (Phi) is 6.73. The Balaban J connectivity index is 1.76. The summed E-state index contributed by atoms with van der Waals surface area (Å²) in [6.07, 6.45) is -4.69. The number of anilines is 2. The number of rotatable bonds is 7. The van der Waals surface area contributed by atoms with Gasteiger partial charge in [0.2, 0.25) is 5.91 Å². The number of halogens is 3. The number of sulfonamides is 1. The van der Waals surface area contributed by atoms with Crippen LogP contribution in [0.1, 0.15) is 21.5 Å². The van der Waals surface area contributed by atoms with Gasteiger partial charge in [0.15, 0.2) is 0 Å². The maximum atomic E-state index is 12.8. The van der Waals surface area contributed by atoms with E-state index in [0.717, 1.165) is 24.3 Å². The van der Waals surface area contributed by atoms with E-state index >= 15 is 0 Å². The Morgan fingerprint density at radius 3 is 2.21 bits per heavy atom. The minimum absolute atomic E-state index is 0.0746. The molecule has 0 heterocycles. The highest BCUT2D eigenvalue weighted by molar-refractivity contribution is 7.92. The number of alkyl halides is 3. The molecule has 3 aromatic carbocycles. The number of para-hydroxylation sites is 1. The maximum Gasteiger partial charge on any atom is 0.416 e. The Morgan fingerprint density at radius 2 is 1.58 bits per heavy atom. The molecule has 0 spiro atoms. The lowest BCUT2D eigenvalue weighted by atomic mass is 10.1. The van der Waals surface area contributed by atoms with Crippen LogP contribution >= 0.6 is 0 Å². The van der Waals surface area contributed by atoms with Gasteiger partial charge in [0, 0.05) is 16.9 Å². The fourth-order valence-electron chi connectivity index (χ4n) is 2.94. The molecule has 0 saturated carbocycles. The molecule has 0 atom stereocenters. The summed E-state index contributed by atoms with van der Waals surface area (Å²) in [6, 6.07) is 15.2. The molecule has 0 saturated heterocycles. The molecule has 0 aliphatic heterocycles. The number of amides is 2. The van der Waals surface area contributed by atoms with Crippen molar-refractivity contribution in [2.75, 3.05) is 10.0 Å². The molecule has 0 bridgehead atoms. The Labute approximate surface area is 187 Å². The van der Waals surface area contributed by atoms with Gasteiger partial charge >= 0.3 is 6.18 Å². The summed E-state index contributed by atoms with van der Waals surface area (Å²) in [5.41, 5.74) is 4.98. The molecule has 7 nitrogen and oxygen atoms in total. The lowest BCUT2D eigenvalue weighted by Crippen LogP contribution is -2.18. The monoisotopic (exact) mass is 477 g/mol. The topological polar surface area (TPSA) is 118 Å². The van der Waals surface area contributed by atoms with E-state index in [2.05, 4.69) is 10.0 Å². The molecule has 33 heavy (non-hydrogen) atoms. The molecule has 3 aromatic rings. The molecule has 2 amide bonds. The molecule has 3 rings (SSSR count). The second-order valence-electron chi connectivity index (χ2n) is 6.96. The van der Waals surface area contributed by atoms with Crippen LogP contribution in [-0.2, 0) is 27.4 Å². The molecule has 4 N–H and O–H groups in total. The number of carbonyl (C=O) groups excluding carboxylic acids is 2. The number of benzene rings is 3. The number of nitrogens with two attached hydrogens (primary N) is 1. The largest absolute Gasteiger partial charge is 0.416 e. The summed E-state index contributed by atoms with van der Waals surface area (Å²) in [4.78, 5) is 23.5. The van der Waals surface area contributed by atoms with Crippen molar-refractivity contribution in [1.29, 1.82) is 0 Å². The van der Waals surface area contributed by atoms with Gasteiger partial charge in [-0.15, -0.1) is 0 Å². The normalized spacial score (nSPS) is 11.6. The minimum Gasteiger partial charge on any atom is -0.369 e. The van der Waals surface area contributed by atoms with Crippen LogP contribution in [0.2, 0.25) is 0 Å². The molecule has 0 aliphatic rings. The summed E-state index contributed by atoms with van der Waals surface area (Å²) in [5, 5.41) is 2.63. The number of hydrogen-bond donors (Lipinski definition) is 3. The van der Waals surface area contributed by atoms with Crippen molar-refractivity contribution in [1.82, 2.24) is 0 Å². The van der Waals surface area contributed by atoms with Crippen LogP contribution in [0.4, 0.5) is 24.5 Å². The highest BCUT2D eigenvalue weighted by Gasteiger charge is 2.30. The Morgan fingerprint density at radius 1 is 0.909 bits per heavy atom. The zero-order valence-corrected chi connectivity index (χ0v) is 17.7. The van der Waals surface area contributed by atoms with Crippen molar-refractivity contribution in [3.8, 4) is 0 Å².